The smallest absolute Gasteiger partial charge is 0.227 e. The second-order valence-electron chi connectivity index (χ2n) is 5.17. The van der Waals surface area contributed by atoms with Crippen LogP contribution in [0.2, 0.25) is 0 Å². The maximum absolute atomic E-state index is 12.4. The molecular weight excluding hydrogens is 224 g/mol. The van der Waals surface area contributed by atoms with Gasteiger partial charge in [-0.05, 0) is 31.9 Å². The van der Waals surface area contributed by atoms with Gasteiger partial charge >= 0.3 is 0 Å². The van der Waals surface area contributed by atoms with Gasteiger partial charge in [-0.15, -0.1) is 0 Å². The third-order valence-electron chi connectivity index (χ3n) is 3.72. The van der Waals surface area contributed by atoms with E-state index in [2.05, 4.69) is 24.4 Å². The summed E-state index contributed by atoms with van der Waals surface area (Å²) in [4.78, 5) is 14.2. The summed E-state index contributed by atoms with van der Waals surface area (Å²) in [5, 5.41) is 3.38. The molecule has 1 N–H and O–H groups in total. The minimum absolute atomic E-state index is 0.132. The average molecular weight is 246 g/mol. The zero-order valence-electron chi connectivity index (χ0n) is 11.2. The fraction of sp³-hybridized carbons (Fsp3) is 0.533. The van der Waals surface area contributed by atoms with Gasteiger partial charge in [0.05, 0.1) is 5.92 Å². The molecule has 1 aromatic rings. The van der Waals surface area contributed by atoms with Gasteiger partial charge in [-0.2, -0.15) is 0 Å². The number of carbonyl (C=O) groups is 1. The number of piperidine rings is 1. The van der Waals surface area contributed by atoms with E-state index >= 15 is 0 Å². The van der Waals surface area contributed by atoms with Crippen molar-refractivity contribution in [2.24, 2.45) is 5.92 Å². The Balaban J connectivity index is 1.96. The lowest BCUT2D eigenvalue weighted by molar-refractivity contribution is -0.136. The number of nitrogens with one attached hydrogen (secondary N) is 1. The van der Waals surface area contributed by atoms with Crippen molar-refractivity contribution in [2.45, 2.75) is 32.4 Å². The van der Waals surface area contributed by atoms with Gasteiger partial charge in [-0.1, -0.05) is 30.3 Å². The molecule has 98 valence electrons. The first kappa shape index (κ1) is 13.1. The number of benzene rings is 1. The van der Waals surface area contributed by atoms with E-state index in [4.69, 9.17) is 0 Å². The van der Waals surface area contributed by atoms with Crippen LogP contribution < -0.4 is 5.32 Å². The van der Waals surface area contributed by atoms with Crippen LogP contribution in [0.15, 0.2) is 30.3 Å². The Morgan fingerprint density at radius 2 is 2.11 bits per heavy atom. The van der Waals surface area contributed by atoms with Gasteiger partial charge in [0.1, 0.15) is 0 Å². The number of nitrogens with zero attached hydrogens (tertiary/aromatic N) is 1. The van der Waals surface area contributed by atoms with Crippen LogP contribution in [0.4, 0.5) is 0 Å². The standard InChI is InChI=1S/C15H22N2O/c1-12-14(9-6-10-16-12)15(18)17(2)11-13-7-4-3-5-8-13/h3-5,7-8,12,14,16H,6,9-11H2,1-2H3. The Kier molecular flexibility index (Phi) is 4.37. The Morgan fingerprint density at radius 1 is 1.39 bits per heavy atom. The average Bonchev–Trinajstić information content (AvgIpc) is 2.39. The fourth-order valence-electron chi connectivity index (χ4n) is 2.60. The molecule has 0 saturated carbocycles. The van der Waals surface area contributed by atoms with E-state index in [1.54, 1.807) is 0 Å². The van der Waals surface area contributed by atoms with Gasteiger partial charge < -0.3 is 10.2 Å². The van der Waals surface area contributed by atoms with Gasteiger partial charge in [0.2, 0.25) is 5.91 Å². The van der Waals surface area contributed by atoms with Gasteiger partial charge in [-0.3, -0.25) is 4.79 Å². The summed E-state index contributed by atoms with van der Waals surface area (Å²) in [7, 11) is 1.90. The molecule has 1 saturated heterocycles. The predicted octanol–water partition coefficient (Wildman–Crippen LogP) is 2.03. The lowest BCUT2D eigenvalue weighted by Crippen LogP contribution is -2.47. The van der Waals surface area contributed by atoms with E-state index in [1.165, 1.54) is 5.56 Å². The van der Waals surface area contributed by atoms with E-state index in [0.29, 0.717) is 12.6 Å². The van der Waals surface area contributed by atoms with E-state index in [1.807, 2.05) is 30.1 Å². The molecule has 2 unspecified atom stereocenters. The summed E-state index contributed by atoms with van der Waals surface area (Å²) >= 11 is 0. The van der Waals surface area contributed by atoms with Crippen molar-refractivity contribution < 1.29 is 4.79 Å². The number of rotatable bonds is 3. The molecule has 2 rings (SSSR count). The largest absolute Gasteiger partial charge is 0.341 e. The van der Waals surface area contributed by atoms with Crippen LogP contribution in [-0.2, 0) is 11.3 Å². The van der Waals surface area contributed by atoms with Gasteiger partial charge in [-0.25, -0.2) is 0 Å². The molecule has 1 aromatic carbocycles. The number of amides is 1. The summed E-state index contributed by atoms with van der Waals surface area (Å²) in [5.74, 6) is 0.394. The van der Waals surface area contributed by atoms with Crippen LogP contribution in [0.3, 0.4) is 0 Å². The van der Waals surface area contributed by atoms with Crippen LogP contribution in [0.5, 0.6) is 0 Å². The fourth-order valence-corrected chi connectivity index (χ4v) is 2.60. The van der Waals surface area contributed by atoms with Crippen molar-refractivity contribution in [1.29, 1.82) is 0 Å². The highest BCUT2D eigenvalue weighted by molar-refractivity contribution is 5.79. The Hall–Kier alpha value is -1.35. The monoisotopic (exact) mass is 246 g/mol. The summed E-state index contributed by atoms with van der Waals surface area (Å²) in [5.41, 5.74) is 1.18. The second kappa shape index (κ2) is 6.01. The third-order valence-corrected chi connectivity index (χ3v) is 3.72. The minimum atomic E-state index is 0.132. The van der Waals surface area contributed by atoms with Crippen LogP contribution in [0, 0.1) is 5.92 Å². The molecule has 0 spiro atoms. The molecule has 0 radical (unpaired) electrons. The maximum atomic E-state index is 12.4. The predicted molar refractivity (Wildman–Crippen MR) is 73.1 cm³/mol. The van der Waals surface area contributed by atoms with Crippen molar-refractivity contribution in [3.8, 4) is 0 Å². The first-order valence-corrected chi connectivity index (χ1v) is 6.71. The molecule has 1 amide bonds. The molecular formula is C15H22N2O. The van der Waals surface area contributed by atoms with Gasteiger partial charge in [0.15, 0.2) is 0 Å². The normalized spacial score (nSPS) is 23.7. The molecule has 1 heterocycles. The summed E-state index contributed by atoms with van der Waals surface area (Å²) < 4.78 is 0. The van der Waals surface area contributed by atoms with Crippen molar-refractivity contribution in [2.75, 3.05) is 13.6 Å². The quantitative estimate of drug-likeness (QED) is 0.885. The SMILES string of the molecule is CC1NCCCC1C(=O)N(C)Cc1ccccc1. The van der Waals surface area contributed by atoms with Crippen LogP contribution in [0.25, 0.3) is 0 Å². The van der Waals surface area contributed by atoms with Crippen LogP contribution in [-0.4, -0.2) is 30.4 Å². The van der Waals surface area contributed by atoms with Crippen molar-refractivity contribution in [3.05, 3.63) is 35.9 Å². The topological polar surface area (TPSA) is 32.3 Å². The summed E-state index contributed by atoms with van der Waals surface area (Å²) in [6, 6.07) is 10.4. The van der Waals surface area contributed by atoms with E-state index < -0.39 is 0 Å². The van der Waals surface area contributed by atoms with Crippen molar-refractivity contribution in [3.63, 3.8) is 0 Å². The maximum Gasteiger partial charge on any atom is 0.227 e. The van der Waals surface area contributed by atoms with E-state index in [0.717, 1.165) is 19.4 Å². The third kappa shape index (κ3) is 3.10. The van der Waals surface area contributed by atoms with Crippen molar-refractivity contribution >= 4 is 5.91 Å². The molecule has 2 atom stereocenters. The Bertz CT molecular complexity index is 391. The van der Waals surface area contributed by atoms with Gasteiger partial charge in [0.25, 0.3) is 0 Å². The zero-order valence-corrected chi connectivity index (χ0v) is 11.2. The first-order chi connectivity index (χ1) is 8.68. The highest BCUT2D eigenvalue weighted by atomic mass is 16.2. The minimum Gasteiger partial charge on any atom is -0.341 e. The lowest BCUT2D eigenvalue weighted by Gasteiger charge is -2.32. The Morgan fingerprint density at radius 3 is 2.78 bits per heavy atom. The Labute approximate surface area is 109 Å². The molecule has 1 aliphatic rings. The lowest BCUT2D eigenvalue weighted by atomic mass is 9.90. The summed E-state index contributed by atoms with van der Waals surface area (Å²) in [6.07, 6.45) is 2.10. The number of hydrogen-bond donors (Lipinski definition) is 1. The molecule has 1 fully saturated rings. The zero-order chi connectivity index (χ0) is 13.0. The highest BCUT2D eigenvalue weighted by Crippen LogP contribution is 2.19. The van der Waals surface area contributed by atoms with Crippen molar-refractivity contribution in [1.82, 2.24) is 10.2 Å². The molecule has 0 bridgehead atoms. The molecule has 0 aromatic heterocycles. The molecule has 3 heteroatoms. The number of carbonyl (C=O) groups excluding carboxylic acids is 1. The molecule has 1 aliphatic heterocycles. The number of hydrogen-bond acceptors (Lipinski definition) is 2. The summed E-state index contributed by atoms with van der Waals surface area (Å²) in [6.45, 7) is 3.84. The second-order valence-corrected chi connectivity index (χ2v) is 5.17. The molecule has 18 heavy (non-hydrogen) atoms. The van der Waals surface area contributed by atoms with Gasteiger partial charge in [0, 0.05) is 19.6 Å². The van der Waals surface area contributed by atoms with E-state index in [-0.39, 0.29) is 11.8 Å². The molecule has 3 nitrogen and oxygen atoms in total. The van der Waals surface area contributed by atoms with Crippen LogP contribution >= 0.6 is 0 Å². The first-order valence-electron chi connectivity index (χ1n) is 6.71. The van der Waals surface area contributed by atoms with Crippen LogP contribution in [0.1, 0.15) is 25.3 Å². The van der Waals surface area contributed by atoms with E-state index in [9.17, 15) is 4.79 Å². The molecule has 0 aliphatic carbocycles. The highest BCUT2D eigenvalue weighted by Gasteiger charge is 2.29.